The molecule has 0 aromatic heterocycles. The van der Waals surface area contributed by atoms with Crippen LogP contribution >= 0.6 is 12.4 Å². The fraction of sp³-hybridized carbons (Fsp3) is 0.429. The minimum atomic E-state index is -3.67. The number of nitrogens with zero attached hydrogens (tertiary/aromatic N) is 2. The van der Waals surface area contributed by atoms with Crippen molar-refractivity contribution >= 4 is 34.2 Å². The highest BCUT2D eigenvalue weighted by atomic mass is 35.5. The molecule has 0 saturated carbocycles. The predicted molar refractivity (Wildman–Crippen MR) is 91.3 cm³/mol. The van der Waals surface area contributed by atoms with Crippen LogP contribution in [-0.2, 0) is 14.8 Å². The largest absolute Gasteiger partial charge is 0.354 e. The Bertz CT molecular complexity index is 706. The zero-order chi connectivity index (χ0) is 16.3. The van der Waals surface area contributed by atoms with Gasteiger partial charge in [0.15, 0.2) is 5.84 Å². The molecule has 7 nitrogen and oxygen atoms in total. The summed E-state index contributed by atoms with van der Waals surface area (Å²) >= 11 is 0. The molecule has 9 heteroatoms. The fourth-order valence-electron chi connectivity index (χ4n) is 2.08. The van der Waals surface area contributed by atoms with Gasteiger partial charge in [0.2, 0.25) is 5.91 Å². The van der Waals surface area contributed by atoms with Crippen molar-refractivity contribution in [2.75, 3.05) is 26.7 Å². The van der Waals surface area contributed by atoms with Gasteiger partial charge in [0.05, 0.1) is 6.54 Å². The molecule has 1 aromatic rings. The van der Waals surface area contributed by atoms with Gasteiger partial charge in [0.1, 0.15) is 4.90 Å². The van der Waals surface area contributed by atoms with Gasteiger partial charge in [-0.15, -0.1) is 16.8 Å². The summed E-state index contributed by atoms with van der Waals surface area (Å²) in [5.41, 5.74) is 6.02. The Hall–Kier alpha value is -1.64. The smallest absolute Gasteiger partial charge is 0.285 e. The number of sulfonamides is 1. The highest BCUT2D eigenvalue weighted by Gasteiger charge is 2.30. The second-order valence-corrected chi connectivity index (χ2v) is 6.96. The molecule has 1 unspecified atom stereocenters. The number of carbonyl (C=O) groups excluding carboxylic acids is 1. The minimum absolute atomic E-state index is 0. The molecule has 0 aliphatic carbocycles. The molecule has 0 radical (unpaired) electrons. The summed E-state index contributed by atoms with van der Waals surface area (Å²) in [4.78, 5) is 13.6. The van der Waals surface area contributed by atoms with Gasteiger partial charge in [0, 0.05) is 19.2 Å². The number of likely N-dealkylation sites (N-methyl/N-ethyl adjacent to an activating group) is 1. The zero-order valence-corrected chi connectivity index (χ0v) is 14.7. The zero-order valence-electron chi connectivity index (χ0n) is 13.0. The van der Waals surface area contributed by atoms with Crippen LogP contribution in [-0.4, -0.2) is 51.7 Å². The third kappa shape index (κ3) is 4.43. The van der Waals surface area contributed by atoms with Crippen LogP contribution in [0.3, 0.4) is 0 Å². The molecule has 128 valence electrons. The highest BCUT2D eigenvalue weighted by Crippen LogP contribution is 2.26. The van der Waals surface area contributed by atoms with Gasteiger partial charge in [0.25, 0.3) is 10.0 Å². The van der Waals surface area contributed by atoms with E-state index in [0.717, 1.165) is 0 Å². The van der Waals surface area contributed by atoms with Gasteiger partial charge in [-0.05, 0) is 24.6 Å². The van der Waals surface area contributed by atoms with Gasteiger partial charge < -0.3 is 16.0 Å². The molecule has 1 aromatic carbocycles. The number of fused-ring (bicyclic) bond motifs is 1. The first kappa shape index (κ1) is 19.4. The van der Waals surface area contributed by atoms with Crippen LogP contribution in [0, 0.1) is 5.92 Å². The van der Waals surface area contributed by atoms with Crippen molar-refractivity contribution in [3.05, 3.63) is 29.8 Å². The standard InChI is InChI=1S/C14H20N4O3S.ClH/c1-10(7-15)8-16-13(19)9-18(2)14-11-5-3-4-6-12(11)22(20,21)17-14;/h3-6,10H,7-9,15H2,1-2H3,(H,16,19);1H. The van der Waals surface area contributed by atoms with E-state index in [0.29, 0.717) is 18.7 Å². The number of hydrogen-bond acceptors (Lipinski definition) is 5. The number of halogens is 1. The van der Waals surface area contributed by atoms with Crippen molar-refractivity contribution in [1.29, 1.82) is 0 Å². The Morgan fingerprint density at radius 1 is 1.39 bits per heavy atom. The second kappa shape index (κ2) is 7.76. The van der Waals surface area contributed by atoms with Crippen LogP contribution in [0.25, 0.3) is 0 Å². The van der Waals surface area contributed by atoms with Gasteiger partial charge in [-0.2, -0.15) is 8.42 Å². The van der Waals surface area contributed by atoms with E-state index in [9.17, 15) is 13.2 Å². The van der Waals surface area contributed by atoms with Crippen LogP contribution < -0.4 is 11.1 Å². The minimum Gasteiger partial charge on any atom is -0.354 e. The van der Waals surface area contributed by atoms with Crippen molar-refractivity contribution < 1.29 is 13.2 Å². The Balaban J connectivity index is 0.00000264. The Labute approximate surface area is 142 Å². The quantitative estimate of drug-likeness (QED) is 0.780. The Morgan fingerprint density at radius 2 is 2.04 bits per heavy atom. The topological polar surface area (TPSA) is 105 Å². The number of nitrogens with one attached hydrogen (secondary N) is 1. The normalized spacial score (nSPS) is 15.9. The molecule has 0 spiro atoms. The summed E-state index contributed by atoms with van der Waals surface area (Å²) in [5.74, 6) is 0.282. The fourth-order valence-corrected chi connectivity index (χ4v) is 3.33. The molecule has 2 rings (SSSR count). The van der Waals surface area contributed by atoms with Crippen LogP contribution in [0.4, 0.5) is 0 Å². The van der Waals surface area contributed by atoms with E-state index in [1.807, 2.05) is 6.92 Å². The molecule has 1 amide bonds. The predicted octanol–water partition coefficient (Wildman–Crippen LogP) is 0.200. The molecule has 0 bridgehead atoms. The maximum atomic E-state index is 12.0. The Kier molecular flexibility index (Phi) is 6.55. The summed E-state index contributed by atoms with van der Waals surface area (Å²) in [6, 6.07) is 6.59. The molecule has 1 aliphatic heterocycles. The van der Waals surface area contributed by atoms with E-state index < -0.39 is 10.0 Å². The molecule has 1 aliphatic rings. The average Bonchev–Trinajstić information content (AvgIpc) is 2.77. The number of amides is 1. The van der Waals surface area contributed by atoms with Crippen molar-refractivity contribution in [2.24, 2.45) is 16.0 Å². The van der Waals surface area contributed by atoms with E-state index >= 15 is 0 Å². The molecule has 23 heavy (non-hydrogen) atoms. The molecule has 1 atom stereocenters. The first-order chi connectivity index (χ1) is 10.3. The van der Waals surface area contributed by atoms with Crippen LogP contribution in [0.1, 0.15) is 12.5 Å². The lowest BCUT2D eigenvalue weighted by Gasteiger charge is -2.19. The van der Waals surface area contributed by atoms with Gasteiger partial charge in [-0.3, -0.25) is 4.79 Å². The van der Waals surface area contributed by atoms with E-state index in [1.54, 1.807) is 25.2 Å². The summed E-state index contributed by atoms with van der Waals surface area (Å²) in [5, 5.41) is 2.77. The van der Waals surface area contributed by atoms with Gasteiger partial charge in [-0.25, -0.2) is 0 Å². The number of amidine groups is 1. The highest BCUT2D eigenvalue weighted by molar-refractivity contribution is 7.90. The lowest BCUT2D eigenvalue weighted by Crippen LogP contribution is -2.40. The van der Waals surface area contributed by atoms with Crippen LogP contribution in [0.2, 0.25) is 0 Å². The molecular weight excluding hydrogens is 340 g/mol. The van der Waals surface area contributed by atoms with E-state index in [1.165, 1.54) is 11.0 Å². The number of nitrogens with two attached hydrogens (primary N) is 1. The maximum absolute atomic E-state index is 12.0. The lowest BCUT2D eigenvalue weighted by molar-refractivity contribution is -0.121. The monoisotopic (exact) mass is 360 g/mol. The van der Waals surface area contributed by atoms with Gasteiger partial charge in [-0.1, -0.05) is 19.1 Å². The number of hydrogen-bond donors (Lipinski definition) is 2. The van der Waals surface area contributed by atoms with Crippen LogP contribution in [0.5, 0.6) is 0 Å². The molecule has 1 heterocycles. The van der Waals surface area contributed by atoms with Crippen molar-refractivity contribution in [3.8, 4) is 0 Å². The van der Waals surface area contributed by atoms with E-state index in [-0.39, 0.29) is 41.5 Å². The summed E-state index contributed by atoms with van der Waals surface area (Å²) < 4.78 is 27.7. The number of benzene rings is 1. The molecule has 3 N–H and O–H groups in total. The summed E-state index contributed by atoms with van der Waals surface area (Å²) in [6.07, 6.45) is 0. The molecular formula is C14H21ClN4O3S. The third-order valence-corrected chi connectivity index (χ3v) is 4.73. The SMILES string of the molecule is CC(CN)CNC(=O)CN(C)C1=NS(=O)(=O)c2ccccc21.Cl. The summed E-state index contributed by atoms with van der Waals surface area (Å²) in [6.45, 7) is 2.95. The first-order valence-corrected chi connectivity index (χ1v) is 8.41. The van der Waals surface area contributed by atoms with Crippen LogP contribution in [0.15, 0.2) is 33.6 Å². The lowest BCUT2D eigenvalue weighted by atomic mass is 10.2. The van der Waals surface area contributed by atoms with E-state index in [4.69, 9.17) is 5.73 Å². The number of rotatable bonds is 5. The summed E-state index contributed by atoms with van der Waals surface area (Å²) in [7, 11) is -2.03. The first-order valence-electron chi connectivity index (χ1n) is 6.97. The average molecular weight is 361 g/mol. The van der Waals surface area contributed by atoms with Crippen molar-refractivity contribution in [1.82, 2.24) is 10.2 Å². The van der Waals surface area contributed by atoms with E-state index in [2.05, 4.69) is 9.71 Å². The second-order valence-electron chi connectivity index (χ2n) is 5.39. The van der Waals surface area contributed by atoms with Crippen molar-refractivity contribution in [2.45, 2.75) is 11.8 Å². The van der Waals surface area contributed by atoms with Crippen molar-refractivity contribution in [3.63, 3.8) is 0 Å². The maximum Gasteiger partial charge on any atom is 0.285 e. The number of carbonyl (C=O) groups is 1. The molecule has 0 fully saturated rings. The Morgan fingerprint density at radius 3 is 2.70 bits per heavy atom. The third-order valence-electron chi connectivity index (χ3n) is 3.40. The molecule has 0 saturated heterocycles. The van der Waals surface area contributed by atoms with Gasteiger partial charge >= 0.3 is 0 Å².